The van der Waals surface area contributed by atoms with Crippen molar-refractivity contribution < 1.29 is 4.74 Å². The number of guanidine groups is 1. The van der Waals surface area contributed by atoms with E-state index in [9.17, 15) is 0 Å². The van der Waals surface area contributed by atoms with Crippen LogP contribution in [-0.4, -0.2) is 63.3 Å². The van der Waals surface area contributed by atoms with E-state index in [-0.39, 0.29) is 5.54 Å². The van der Waals surface area contributed by atoms with Crippen molar-refractivity contribution in [3.8, 4) is 0 Å². The molecule has 2 N–H and O–H groups in total. The van der Waals surface area contributed by atoms with Gasteiger partial charge in [0, 0.05) is 36.9 Å². The molecule has 0 bridgehead atoms. The average molecular weight is 367 g/mol. The number of hydrogen-bond acceptors (Lipinski definition) is 3. The average Bonchev–Trinajstić information content (AvgIpc) is 2.62. The molecule has 0 radical (unpaired) electrons. The Hall–Kier alpha value is -1.30. The van der Waals surface area contributed by atoms with Gasteiger partial charge in [-0.3, -0.25) is 4.99 Å². The Morgan fingerprint density at radius 1 is 1.20 bits per heavy atom. The van der Waals surface area contributed by atoms with E-state index < -0.39 is 0 Å². The summed E-state index contributed by atoms with van der Waals surface area (Å²) in [6.07, 6.45) is 2.98. The highest BCUT2D eigenvalue weighted by Crippen LogP contribution is 2.26. The van der Waals surface area contributed by atoms with Crippen molar-refractivity contribution in [1.29, 1.82) is 0 Å². The summed E-state index contributed by atoms with van der Waals surface area (Å²) >= 11 is 5.93. The number of halogens is 1. The van der Waals surface area contributed by atoms with Crippen LogP contribution in [0.5, 0.6) is 0 Å². The summed E-state index contributed by atoms with van der Waals surface area (Å²) in [5.74, 6) is 0.879. The fraction of sp³-hybridized carbons (Fsp3) is 0.632. The molecular formula is C19H31ClN4O. The minimum absolute atomic E-state index is 0.0940. The molecule has 0 spiro atoms. The van der Waals surface area contributed by atoms with E-state index >= 15 is 0 Å². The van der Waals surface area contributed by atoms with Gasteiger partial charge in [-0.1, -0.05) is 23.7 Å². The highest BCUT2D eigenvalue weighted by atomic mass is 35.5. The van der Waals surface area contributed by atoms with Crippen LogP contribution < -0.4 is 10.6 Å². The minimum atomic E-state index is 0.0940. The summed E-state index contributed by atoms with van der Waals surface area (Å²) < 4.78 is 5.54. The van der Waals surface area contributed by atoms with Crippen LogP contribution in [0.15, 0.2) is 29.3 Å². The second kappa shape index (κ2) is 10.00. The topological polar surface area (TPSA) is 48.9 Å². The molecule has 1 aromatic rings. The third-order valence-corrected chi connectivity index (χ3v) is 5.12. The van der Waals surface area contributed by atoms with E-state index in [0.717, 1.165) is 63.1 Å². The number of aliphatic imine (C=N–C) groups is 1. The molecule has 0 atom stereocenters. The molecule has 25 heavy (non-hydrogen) atoms. The SMILES string of the molecule is CCNC(=NCC1(N(C)C)CCOCC1)NCCc1ccc(Cl)cc1. The number of benzene rings is 1. The predicted octanol–water partition coefficient (Wildman–Crippen LogP) is 2.55. The summed E-state index contributed by atoms with van der Waals surface area (Å²) in [6.45, 7) is 6.19. The number of hydrogen-bond donors (Lipinski definition) is 2. The Bertz CT molecular complexity index is 539. The smallest absolute Gasteiger partial charge is 0.191 e. The van der Waals surface area contributed by atoms with E-state index in [4.69, 9.17) is 21.3 Å². The molecule has 0 aromatic heterocycles. The second-order valence-electron chi connectivity index (χ2n) is 6.73. The summed E-state index contributed by atoms with van der Waals surface area (Å²) in [6, 6.07) is 8.00. The van der Waals surface area contributed by atoms with Gasteiger partial charge in [-0.05, 0) is 58.0 Å². The maximum atomic E-state index is 5.93. The van der Waals surface area contributed by atoms with Crippen molar-refractivity contribution in [2.45, 2.75) is 31.7 Å². The zero-order valence-corrected chi connectivity index (χ0v) is 16.4. The first-order valence-corrected chi connectivity index (χ1v) is 9.45. The molecule has 1 saturated heterocycles. The summed E-state index contributed by atoms with van der Waals surface area (Å²) in [7, 11) is 4.28. The van der Waals surface area contributed by atoms with Gasteiger partial charge in [-0.2, -0.15) is 0 Å². The standard InChI is InChI=1S/C19H31ClN4O/c1-4-21-18(22-12-9-16-5-7-17(20)8-6-16)23-15-19(24(2)3)10-13-25-14-11-19/h5-8H,4,9-15H2,1-3H3,(H2,21,22,23). The van der Waals surface area contributed by atoms with Crippen molar-refractivity contribution in [1.82, 2.24) is 15.5 Å². The lowest BCUT2D eigenvalue weighted by molar-refractivity contribution is -0.00254. The molecule has 1 aromatic carbocycles. The van der Waals surface area contributed by atoms with Gasteiger partial charge in [-0.15, -0.1) is 0 Å². The van der Waals surface area contributed by atoms with E-state index in [1.165, 1.54) is 5.56 Å². The second-order valence-corrected chi connectivity index (χ2v) is 7.17. The summed E-state index contributed by atoms with van der Waals surface area (Å²) in [5, 5.41) is 7.55. The molecule has 1 fully saturated rings. The quantitative estimate of drug-likeness (QED) is 0.575. The lowest BCUT2D eigenvalue weighted by atomic mass is 9.89. The van der Waals surface area contributed by atoms with Gasteiger partial charge in [0.2, 0.25) is 0 Å². The molecule has 0 saturated carbocycles. The lowest BCUT2D eigenvalue weighted by Gasteiger charge is -2.41. The highest BCUT2D eigenvalue weighted by molar-refractivity contribution is 6.30. The van der Waals surface area contributed by atoms with Crippen LogP contribution in [0.4, 0.5) is 0 Å². The van der Waals surface area contributed by atoms with Crippen LogP contribution in [0.25, 0.3) is 0 Å². The van der Waals surface area contributed by atoms with E-state index in [0.29, 0.717) is 0 Å². The van der Waals surface area contributed by atoms with Crippen molar-refractivity contribution in [3.63, 3.8) is 0 Å². The molecule has 1 aliphatic heterocycles. The molecule has 6 heteroatoms. The molecule has 1 aliphatic rings. The normalized spacial score (nSPS) is 17.6. The van der Waals surface area contributed by atoms with Crippen molar-refractivity contribution in [2.24, 2.45) is 4.99 Å². The largest absolute Gasteiger partial charge is 0.381 e. The van der Waals surface area contributed by atoms with Gasteiger partial charge in [0.1, 0.15) is 0 Å². The Labute approximate surface area is 156 Å². The zero-order chi connectivity index (χ0) is 18.1. The number of nitrogens with one attached hydrogen (secondary N) is 2. The monoisotopic (exact) mass is 366 g/mol. The molecule has 0 amide bonds. The van der Waals surface area contributed by atoms with Gasteiger partial charge in [0.25, 0.3) is 0 Å². The number of ether oxygens (including phenoxy) is 1. The Morgan fingerprint density at radius 2 is 1.88 bits per heavy atom. The molecule has 0 unspecified atom stereocenters. The Balaban J connectivity index is 1.91. The number of rotatable bonds is 7. The predicted molar refractivity (Wildman–Crippen MR) is 106 cm³/mol. The molecule has 5 nitrogen and oxygen atoms in total. The lowest BCUT2D eigenvalue weighted by Crippen LogP contribution is -2.51. The van der Waals surface area contributed by atoms with Crippen molar-refractivity contribution >= 4 is 17.6 Å². The van der Waals surface area contributed by atoms with E-state index in [2.05, 4.69) is 48.7 Å². The van der Waals surface area contributed by atoms with Gasteiger partial charge < -0.3 is 20.3 Å². The maximum absolute atomic E-state index is 5.93. The van der Waals surface area contributed by atoms with Crippen molar-refractivity contribution in [3.05, 3.63) is 34.9 Å². The van der Waals surface area contributed by atoms with Crippen molar-refractivity contribution in [2.75, 3.05) is 46.9 Å². The third kappa shape index (κ3) is 6.17. The van der Waals surface area contributed by atoms with Gasteiger partial charge in [0.15, 0.2) is 5.96 Å². The van der Waals surface area contributed by atoms with Crippen LogP contribution in [0.2, 0.25) is 5.02 Å². The number of likely N-dealkylation sites (N-methyl/N-ethyl adjacent to an activating group) is 1. The molecule has 1 heterocycles. The van der Waals surface area contributed by atoms with Gasteiger partial charge in [0.05, 0.1) is 6.54 Å². The third-order valence-electron chi connectivity index (χ3n) is 4.87. The fourth-order valence-electron chi connectivity index (χ4n) is 3.04. The van der Waals surface area contributed by atoms with Crippen LogP contribution in [0.3, 0.4) is 0 Å². The van der Waals surface area contributed by atoms with Gasteiger partial charge >= 0.3 is 0 Å². The molecule has 2 rings (SSSR count). The molecular weight excluding hydrogens is 336 g/mol. The Morgan fingerprint density at radius 3 is 2.48 bits per heavy atom. The highest BCUT2D eigenvalue weighted by Gasteiger charge is 2.34. The first-order valence-electron chi connectivity index (χ1n) is 9.07. The number of nitrogens with zero attached hydrogens (tertiary/aromatic N) is 2. The van der Waals surface area contributed by atoms with Crippen LogP contribution in [0.1, 0.15) is 25.3 Å². The zero-order valence-electron chi connectivity index (χ0n) is 15.6. The van der Waals surface area contributed by atoms with Crippen LogP contribution in [-0.2, 0) is 11.2 Å². The summed E-state index contributed by atoms with van der Waals surface area (Å²) in [5.41, 5.74) is 1.36. The first kappa shape index (κ1) is 20.0. The van der Waals surface area contributed by atoms with Gasteiger partial charge in [-0.25, -0.2) is 0 Å². The first-order chi connectivity index (χ1) is 12.1. The van der Waals surface area contributed by atoms with E-state index in [1.807, 2.05) is 12.1 Å². The molecule has 0 aliphatic carbocycles. The maximum Gasteiger partial charge on any atom is 0.191 e. The minimum Gasteiger partial charge on any atom is -0.381 e. The fourth-order valence-corrected chi connectivity index (χ4v) is 3.17. The van der Waals surface area contributed by atoms with E-state index in [1.54, 1.807) is 0 Å². The van der Waals surface area contributed by atoms with Crippen LogP contribution in [0, 0.1) is 0 Å². The summed E-state index contributed by atoms with van der Waals surface area (Å²) in [4.78, 5) is 7.15. The van der Waals surface area contributed by atoms with Crippen LogP contribution >= 0.6 is 11.6 Å². The molecule has 140 valence electrons. The Kier molecular flexibility index (Phi) is 8.00.